The molecule has 0 saturated carbocycles. The van der Waals surface area contributed by atoms with Crippen molar-refractivity contribution < 1.29 is 9.53 Å². The molecule has 1 aromatic heterocycles. The number of carbonyl (C=O) groups excluding carboxylic acids is 1. The van der Waals surface area contributed by atoms with Gasteiger partial charge in [0, 0.05) is 19.9 Å². The highest BCUT2D eigenvalue weighted by Gasteiger charge is 2.10. The lowest BCUT2D eigenvalue weighted by atomic mass is 10.2. The molecule has 1 amide bonds. The van der Waals surface area contributed by atoms with Crippen LogP contribution in [0.4, 0.5) is 0 Å². The number of carbonyl (C=O) groups is 1. The molecule has 0 aliphatic carbocycles. The van der Waals surface area contributed by atoms with Gasteiger partial charge < -0.3 is 14.6 Å². The van der Waals surface area contributed by atoms with Crippen LogP contribution in [-0.4, -0.2) is 28.6 Å². The van der Waals surface area contributed by atoms with Crippen LogP contribution in [-0.2, 0) is 24.2 Å². The molecule has 5 nitrogen and oxygen atoms in total. The average molecular weight is 351 g/mol. The molecule has 0 saturated heterocycles. The van der Waals surface area contributed by atoms with Gasteiger partial charge in [0.05, 0.1) is 17.6 Å². The molecule has 2 aromatic carbocycles. The van der Waals surface area contributed by atoms with Crippen LogP contribution in [0.5, 0.6) is 5.75 Å². The standard InChI is InChI=1S/C21H25N3O2/c1-3-17-8-10-18(11-9-17)26-15-14-24-20-7-5-4-6-19(20)23-21(24)12-13-22-16(2)25/h4-11H,3,12-15H2,1-2H3,(H,22,25). The van der Waals surface area contributed by atoms with Crippen molar-refractivity contribution in [3.05, 3.63) is 59.9 Å². The molecule has 1 N–H and O–H groups in total. The SMILES string of the molecule is CCc1ccc(OCCn2c(CCNC(C)=O)nc3ccccc32)cc1. The summed E-state index contributed by atoms with van der Waals surface area (Å²) in [5, 5.41) is 2.83. The lowest BCUT2D eigenvalue weighted by Gasteiger charge is -2.11. The summed E-state index contributed by atoms with van der Waals surface area (Å²) in [6.45, 7) is 5.53. The van der Waals surface area contributed by atoms with E-state index < -0.39 is 0 Å². The lowest BCUT2D eigenvalue weighted by molar-refractivity contribution is -0.118. The Morgan fingerprint density at radius 3 is 2.65 bits per heavy atom. The number of hydrogen-bond donors (Lipinski definition) is 1. The minimum atomic E-state index is -0.0217. The van der Waals surface area contributed by atoms with E-state index in [1.165, 1.54) is 12.5 Å². The minimum Gasteiger partial charge on any atom is -0.492 e. The first-order valence-corrected chi connectivity index (χ1v) is 9.07. The third-order valence-electron chi connectivity index (χ3n) is 4.37. The zero-order valence-electron chi connectivity index (χ0n) is 15.4. The maximum absolute atomic E-state index is 11.1. The van der Waals surface area contributed by atoms with Crippen LogP contribution in [0, 0.1) is 0 Å². The second-order valence-electron chi connectivity index (χ2n) is 6.25. The van der Waals surface area contributed by atoms with Gasteiger partial charge in [-0.3, -0.25) is 4.79 Å². The molecule has 3 rings (SSSR count). The normalized spacial score (nSPS) is 10.8. The fraction of sp³-hybridized carbons (Fsp3) is 0.333. The number of para-hydroxylation sites is 2. The van der Waals surface area contributed by atoms with Gasteiger partial charge in [-0.25, -0.2) is 4.98 Å². The Morgan fingerprint density at radius 1 is 1.15 bits per heavy atom. The molecule has 0 atom stereocenters. The number of aryl methyl sites for hydroxylation is 1. The smallest absolute Gasteiger partial charge is 0.216 e. The number of fused-ring (bicyclic) bond motifs is 1. The fourth-order valence-corrected chi connectivity index (χ4v) is 2.99. The van der Waals surface area contributed by atoms with Crippen LogP contribution < -0.4 is 10.1 Å². The van der Waals surface area contributed by atoms with Crippen molar-refractivity contribution in [2.24, 2.45) is 0 Å². The van der Waals surface area contributed by atoms with E-state index in [0.717, 1.165) is 29.0 Å². The van der Waals surface area contributed by atoms with Crippen molar-refractivity contribution in [3.63, 3.8) is 0 Å². The van der Waals surface area contributed by atoms with E-state index in [0.29, 0.717) is 26.1 Å². The molecule has 136 valence electrons. The number of aromatic nitrogens is 2. The molecule has 0 bridgehead atoms. The molecule has 1 heterocycles. The van der Waals surface area contributed by atoms with E-state index in [2.05, 4.69) is 35.0 Å². The van der Waals surface area contributed by atoms with Crippen LogP contribution in [0.25, 0.3) is 11.0 Å². The maximum atomic E-state index is 11.1. The van der Waals surface area contributed by atoms with Gasteiger partial charge in [0.25, 0.3) is 0 Å². The van der Waals surface area contributed by atoms with E-state index in [1.807, 2.05) is 30.3 Å². The Morgan fingerprint density at radius 2 is 1.92 bits per heavy atom. The predicted molar refractivity (Wildman–Crippen MR) is 103 cm³/mol. The predicted octanol–water partition coefficient (Wildman–Crippen LogP) is 3.36. The third kappa shape index (κ3) is 4.42. The van der Waals surface area contributed by atoms with Gasteiger partial charge in [0.1, 0.15) is 18.2 Å². The Balaban J connectivity index is 1.69. The zero-order valence-corrected chi connectivity index (χ0v) is 15.4. The van der Waals surface area contributed by atoms with Gasteiger partial charge >= 0.3 is 0 Å². The molecule has 0 fully saturated rings. The molecule has 0 unspecified atom stereocenters. The van der Waals surface area contributed by atoms with Gasteiger partial charge in [-0.1, -0.05) is 31.2 Å². The summed E-state index contributed by atoms with van der Waals surface area (Å²) in [6, 6.07) is 16.3. The first kappa shape index (κ1) is 18.0. The number of amides is 1. The molecule has 5 heteroatoms. The van der Waals surface area contributed by atoms with Crippen molar-refractivity contribution in [2.45, 2.75) is 33.2 Å². The molecule has 0 aliphatic rings. The topological polar surface area (TPSA) is 56.1 Å². The molecule has 3 aromatic rings. The molecule has 0 radical (unpaired) electrons. The number of ether oxygens (including phenoxy) is 1. The summed E-state index contributed by atoms with van der Waals surface area (Å²) in [7, 11) is 0. The van der Waals surface area contributed by atoms with Crippen LogP contribution in [0.1, 0.15) is 25.2 Å². The number of hydrogen-bond acceptors (Lipinski definition) is 3. The second kappa shape index (κ2) is 8.52. The van der Waals surface area contributed by atoms with E-state index >= 15 is 0 Å². The van der Waals surface area contributed by atoms with E-state index in [4.69, 9.17) is 9.72 Å². The Bertz CT molecular complexity index is 869. The second-order valence-corrected chi connectivity index (χ2v) is 6.25. The van der Waals surface area contributed by atoms with Crippen LogP contribution in [0.15, 0.2) is 48.5 Å². The lowest BCUT2D eigenvalue weighted by Crippen LogP contribution is -2.24. The fourth-order valence-electron chi connectivity index (χ4n) is 2.99. The van der Waals surface area contributed by atoms with E-state index in [9.17, 15) is 4.79 Å². The highest BCUT2D eigenvalue weighted by molar-refractivity contribution is 5.76. The first-order valence-electron chi connectivity index (χ1n) is 9.07. The minimum absolute atomic E-state index is 0.0217. The van der Waals surface area contributed by atoms with Crippen molar-refractivity contribution in [1.29, 1.82) is 0 Å². The monoisotopic (exact) mass is 351 g/mol. The molecular weight excluding hydrogens is 326 g/mol. The highest BCUT2D eigenvalue weighted by Crippen LogP contribution is 2.17. The Hall–Kier alpha value is -2.82. The summed E-state index contributed by atoms with van der Waals surface area (Å²) in [4.78, 5) is 15.8. The third-order valence-corrected chi connectivity index (χ3v) is 4.37. The molecule has 26 heavy (non-hydrogen) atoms. The summed E-state index contributed by atoms with van der Waals surface area (Å²) >= 11 is 0. The van der Waals surface area contributed by atoms with Crippen LogP contribution >= 0.6 is 0 Å². The summed E-state index contributed by atoms with van der Waals surface area (Å²) in [5.41, 5.74) is 3.37. The largest absolute Gasteiger partial charge is 0.492 e. The first-order chi connectivity index (χ1) is 12.7. The summed E-state index contributed by atoms with van der Waals surface area (Å²) < 4.78 is 8.09. The molecule has 0 spiro atoms. The maximum Gasteiger partial charge on any atom is 0.216 e. The van der Waals surface area contributed by atoms with Gasteiger partial charge in [-0.2, -0.15) is 0 Å². The van der Waals surface area contributed by atoms with Crippen molar-refractivity contribution >= 4 is 16.9 Å². The van der Waals surface area contributed by atoms with Gasteiger partial charge in [-0.05, 0) is 36.2 Å². The number of rotatable bonds is 8. The van der Waals surface area contributed by atoms with E-state index in [1.54, 1.807) is 0 Å². The quantitative estimate of drug-likeness (QED) is 0.677. The summed E-state index contributed by atoms with van der Waals surface area (Å²) in [6.07, 6.45) is 1.72. The van der Waals surface area contributed by atoms with Gasteiger partial charge in [-0.15, -0.1) is 0 Å². The Kier molecular flexibility index (Phi) is 5.89. The molecule has 0 aliphatic heterocycles. The van der Waals surface area contributed by atoms with Crippen LogP contribution in [0.3, 0.4) is 0 Å². The number of nitrogens with zero attached hydrogens (tertiary/aromatic N) is 2. The number of nitrogens with one attached hydrogen (secondary N) is 1. The average Bonchev–Trinajstić information content (AvgIpc) is 3.00. The van der Waals surface area contributed by atoms with Gasteiger partial charge in [0.2, 0.25) is 5.91 Å². The summed E-state index contributed by atoms with van der Waals surface area (Å²) in [5.74, 6) is 1.82. The van der Waals surface area contributed by atoms with E-state index in [-0.39, 0.29) is 5.91 Å². The highest BCUT2D eigenvalue weighted by atomic mass is 16.5. The molecular formula is C21H25N3O2. The van der Waals surface area contributed by atoms with Crippen molar-refractivity contribution in [1.82, 2.24) is 14.9 Å². The zero-order chi connectivity index (χ0) is 18.4. The van der Waals surface area contributed by atoms with Crippen LogP contribution in [0.2, 0.25) is 0 Å². The number of imidazole rings is 1. The van der Waals surface area contributed by atoms with Gasteiger partial charge in [0.15, 0.2) is 0 Å². The van der Waals surface area contributed by atoms with Crippen molar-refractivity contribution in [2.75, 3.05) is 13.2 Å². The van der Waals surface area contributed by atoms with Crippen molar-refractivity contribution in [3.8, 4) is 5.75 Å². The Labute approximate surface area is 154 Å². The number of benzene rings is 2.